The first-order chi connectivity index (χ1) is 15.9. The Morgan fingerprint density at radius 2 is 1.67 bits per heavy atom. The predicted molar refractivity (Wildman–Crippen MR) is 134 cm³/mol. The van der Waals surface area contributed by atoms with Crippen molar-refractivity contribution in [2.24, 2.45) is 0 Å². The maximum atomic E-state index is 12.9. The zero-order chi connectivity index (χ0) is 23.4. The molecule has 1 atom stereocenters. The van der Waals surface area contributed by atoms with Crippen molar-refractivity contribution in [1.82, 2.24) is 20.1 Å². The molecule has 8 heteroatoms. The number of hydrogen-bond acceptors (Lipinski definition) is 4. The lowest BCUT2D eigenvalue weighted by Gasteiger charge is -2.17. The number of nitrogens with one attached hydrogen (secondary N) is 1. The minimum absolute atomic E-state index is 0.288. The lowest BCUT2D eigenvalue weighted by Crippen LogP contribution is -2.28. The molecule has 0 aliphatic rings. The number of benzene rings is 3. The minimum atomic E-state index is -0.407. The van der Waals surface area contributed by atoms with Crippen LogP contribution in [0.2, 0.25) is 10.0 Å². The number of aryl methyl sites for hydroxylation is 1. The Bertz CT molecular complexity index is 1240. The molecule has 0 bridgehead atoms. The van der Waals surface area contributed by atoms with E-state index in [1.54, 1.807) is 30.0 Å². The van der Waals surface area contributed by atoms with Crippen molar-refractivity contribution >= 4 is 40.9 Å². The molecule has 0 saturated carbocycles. The average Bonchev–Trinajstić information content (AvgIpc) is 3.22. The Morgan fingerprint density at radius 3 is 2.33 bits per heavy atom. The molecule has 33 heavy (non-hydrogen) atoms. The molecule has 4 rings (SSSR count). The Hall–Kier alpha value is -2.80. The molecule has 4 aromatic rings. The molecular formula is C25H22Cl2N4OS. The second kappa shape index (κ2) is 10.4. The normalized spacial score (nSPS) is 11.9. The first kappa shape index (κ1) is 23.4. The van der Waals surface area contributed by atoms with Crippen LogP contribution in [0.25, 0.3) is 5.69 Å². The van der Waals surface area contributed by atoms with E-state index in [4.69, 9.17) is 23.2 Å². The summed E-state index contributed by atoms with van der Waals surface area (Å²) in [5.74, 6) is 1.10. The Kier molecular flexibility index (Phi) is 7.38. The highest BCUT2D eigenvalue weighted by atomic mass is 35.5. The van der Waals surface area contributed by atoms with Crippen LogP contribution in [0.5, 0.6) is 0 Å². The van der Waals surface area contributed by atoms with Crippen molar-refractivity contribution < 1.29 is 4.79 Å². The highest BCUT2D eigenvalue weighted by Crippen LogP contribution is 2.28. The van der Waals surface area contributed by atoms with Gasteiger partial charge in [-0.15, -0.1) is 10.2 Å². The average molecular weight is 497 g/mol. The van der Waals surface area contributed by atoms with E-state index in [0.717, 1.165) is 22.2 Å². The number of aromatic nitrogens is 3. The molecule has 1 heterocycles. The van der Waals surface area contributed by atoms with Crippen LogP contribution in [0.15, 0.2) is 78.0 Å². The standard InChI is InChI=1S/C25H22Cl2N4OS/c1-16-8-10-22(11-9-16)31-23(29-30-25(31)33-15-18-6-4-3-5-7-18)17(2)28-24(32)19-12-20(26)14-21(27)13-19/h3-14,17H,15H2,1-2H3,(H,28,32). The van der Waals surface area contributed by atoms with Crippen LogP contribution in [0.3, 0.4) is 0 Å². The molecule has 5 nitrogen and oxygen atoms in total. The van der Waals surface area contributed by atoms with Gasteiger partial charge < -0.3 is 5.32 Å². The summed E-state index contributed by atoms with van der Waals surface area (Å²) in [4.78, 5) is 12.9. The highest BCUT2D eigenvalue weighted by Gasteiger charge is 2.22. The van der Waals surface area contributed by atoms with Gasteiger partial charge in [-0.2, -0.15) is 0 Å². The summed E-state index contributed by atoms with van der Waals surface area (Å²) in [6, 6.07) is 22.7. The molecule has 1 N–H and O–H groups in total. The summed E-state index contributed by atoms with van der Waals surface area (Å²) in [5, 5.41) is 13.4. The molecule has 0 fully saturated rings. The number of amides is 1. The molecule has 3 aromatic carbocycles. The lowest BCUT2D eigenvalue weighted by molar-refractivity contribution is 0.0938. The van der Waals surface area contributed by atoms with Gasteiger partial charge in [-0.25, -0.2) is 0 Å². The van der Waals surface area contributed by atoms with E-state index in [1.165, 1.54) is 5.56 Å². The van der Waals surface area contributed by atoms with Gasteiger partial charge in [-0.3, -0.25) is 9.36 Å². The van der Waals surface area contributed by atoms with Gasteiger partial charge in [-0.05, 0) is 49.7 Å². The smallest absolute Gasteiger partial charge is 0.251 e. The third kappa shape index (κ3) is 5.77. The SMILES string of the molecule is Cc1ccc(-n2c(SCc3ccccc3)nnc2C(C)NC(=O)c2cc(Cl)cc(Cl)c2)cc1. The van der Waals surface area contributed by atoms with Crippen molar-refractivity contribution in [2.75, 3.05) is 0 Å². The number of nitrogens with zero attached hydrogens (tertiary/aromatic N) is 3. The maximum Gasteiger partial charge on any atom is 0.251 e. The van der Waals surface area contributed by atoms with E-state index >= 15 is 0 Å². The van der Waals surface area contributed by atoms with Crippen molar-refractivity contribution in [2.45, 2.75) is 30.8 Å². The third-order valence-electron chi connectivity index (χ3n) is 5.02. The molecule has 0 saturated heterocycles. The summed E-state index contributed by atoms with van der Waals surface area (Å²) in [7, 11) is 0. The van der Waals surface area contributed by atoms with E-state index in [9.17, 15) is 4.79 Å². The van der Waals surface area contributed by atoms with Crippen LogP contribution in [-0.2, 0) is 5.75 Å². The number of halogens is 2. The fraction of sp³-hybridized carbons (Fsp3) is 0.160. The van der Waals surface area contributed by atoms with E-state index in [1.807, 2.05) is 60.9 Å². The number of rotatable bonds is 7. The number of hydrogen-bond donors (Lipinski definition) is 1. The molecule has 0 aliphatic carbocycles. The van der Waals surface area contributed by atoms with E-state index < -0.39 is 6.04 Å². The van der Waals surface area contributed by atoms with Gasteiger partial charge in [-0.1, -0.05) is 83.0 Å². The van der Waals surface area contributed by atoms with Crippen molar-refractivity contribution in [1.29, 1.82) is 0 Å². The zero-order valence-electron chi connectivity index (χ0n) is 18.1. The lowest BCUT2D eigenvalue weighted by atomic mass is 10.2. The second-order valence-corrected chi connectivity index (χ2v) is 9.45. The highest BCUT2D eigenvalue weighted by molar-refractivity contribution is 7.98. The molecule has 1 unspecified atom stereocenters. The molecule has 168 valence electrons. The fourth-order valence-electron chi connectivity index (χ4n) is 3.34. The van der Waals surface area contributed by atoms with Crippen molar-refractivity contribution in [3.63, 3.8) is 0 Å². The van der Waals surface area contributed by atoms with Crippen LogP contribution in [-0.4, -0.2) is 20.7 Å². The number of carbonyl (C=O) groups is 1. The Morgan fingerprint density at radius 1 is 1.00 bits per heavy atom. The molecule has 0 radical (unpaired) electrons. The fourth-order valence-corrected chi connectivity index (χ4v) is 4.78. The van der Waals surface area contributed by atoms with Gasteiger partial charge in [0.15, 0.2) is 11.0 Å². The second-order valence-electron chi connectivity index (χ2n) is 7.64. The van der Waals surface area contributed by atoms with E-state index in [0.29, 0.717) is 21.4 Å². The predicted octanol–water partition coefficient (Wildman–Crippen LogP) is 6.67. The minimum Gasteiger partial charge on any atom is -0.342 e. The maximum absolute atomic E-state index is 12.9. The monoisotopic (exact) mass is 496 g/mol. The van der Waals surface area contributed by atoms with Gasteiger partial charge in [0.1, 0.15) is 0 Å². The topological polar surface area (TPSA) is 59.8 Å². The largest absolute Gasteiger partial charge is 0.342 e. The molecule has 1 amide bonds. The Labute approximate surface area is 207 Å². The van der Waals surface area contributed by atoms with Crippen LogP contribution >= 0.6 is 35.0 Å². The first-order valence-corrected chi connectivity index (χ1v) is 12.1. The first-order valence-electron chi connectivity index (χ1n) is 10.4. The quantitative estimate of drug-likeness (QED) is 0.290. The zero-order valence-corrected chi connectivity index (χ0v) is 20.5. The molecule has 0 aliphatic heterocycles. The molecular weight excluding hydrogens is 475 g/mol. The summed E-state index contributed by atoms with van der Waals surface area (Å²) in [5.41, 5.74) is 3.68. The third-order valence-corrected chi connectivity index (χ3v) is 6.46. The van der Waals surface area contributed by atoms with Crippen LogP contribution in [0.1, 0.15) is 40.3 Å². The van der Waals surface area contributed by atoms with Crippen molar-refractivity contribution in [3.05, 3.63) is 105 Å². The summed E-state index contributed by atoms with van der Waals surface area (Å²) in [6.07, 6.45) is 0. The van der Waals surface area contributed by atoms with E-state index in [-0.39, 0.29) is 5.91 Å². The van der Waals surface area contributed by atoms with Crippen LogP contribution < -0.4 is 5.32 Å². The van der Waals surface area contributed by atoms with E-state index in [2.05, 4.69) is 27.6 Å². The molecule has 0 spiro atoms. The number of carbonyl (C=O) groups excluding carboxylic acids is 1. The van der Waals surface area contributed by atoms with Crippen LogP contribution in [0.4, 0.5) is 0 Å². The van der Waals surface area contributed by atoms with Gasteiger partial charge in [0.2, 0.25) is 0 Å². The van der Waals surface area contributed by atoms with Gasteiger partial charge >= 0.3 is 0 Å². The Balaban J connectivity index is 1.63. The number of thioether (sulfide) groups is 1. The van der Waals surface area contributed by atoms with Crippen molar-refractivity contribution in [3.8, 4) is 5.69 Å². The molecule has 1 aromatic heterocycles. The van der Waals surface area contributed by atoms with Gasteiger partial charge in [0.05, 0.1) is 6.04 Å². The van der Waals surface area contributed by atoms with Crippen LogP contribution in [0, 0.1) is 6.92 Å². The van der Waals surface area contributed by atoms with Gasteiger partial charge in [0, 0.05) is 27.0 Å². The summed E-state index contributed by atoms with van der Waals surface area (Å²) < 4.78 is 1.99. The summed E-state index contributed by atoms with van der Waals surface area (Å²) >= 11 is 13.7. The summed E-state index contributed by atoms with van der Waals surface area (Å²) in [6.45, 7) is 3.92. The van der Waals surface area contributed by atoms with Gasteiger partial charge in [0.25, 0.3) is 5.91 Å².